The van der Waals surface area contributed by atoms with Crippen molar-refractivity contribution >= 4 is 42.3 Å². The van der Waals surface area contributed by atoms with Gasteiger partial charge in [0.1, 0.15) is 24.2 Å². The molecular weight excluding hydrogens is 418 g/mol. The number of aliphatic carboxylic acids is 1. The number of carbonyl (C=O) groups is 4. The summed E-state index contributed by atoms with van der Waals surface area (Å²) in [6.45, 7) is 2.88. The number of aliphatic hydroxyl groups excluding tert-OH is 1. The number of carboxylic acid groups (broad SMARTS) is 1. The van der Waals surface area contributed by atoms with Crippen molar-refractivity contribution in [2.24, 2.45) is 22.2 Å². The topological polar surface area (TPSA) is 235 Å². The summed E-state index contributed by atoms with van der Waals surface area (Å²) < 4.78 is 0. The molecule has 11 N–H and O–H groups in total. The lowest BCUT2D eigenvalue weighted by Crippen LogP contribution is -2.57. The fourth-order valence-corrected chi connectivity index (χ4v) is 2.37. The van der Waals surface area contributed by atoms with Gasteiger partial charge in [-0.1, -0.05) is 0 Å². The zero-order chi connectivity index (χ0) is 23.4. The fraction of sp³-hybridized carbons (Fsp3) is 0.688. The van der Waals surface area contributed by atoms with Crippen molar-refractivity contribution in [3.63, 3.8) is 0 Å². The summed E-state index contributed by atoms with van der Waals surface area (Å²) in [7, 11) is 0. The Bertz CT molecular complexity index is 642. The van der Waals surface area contributed by atoms with E-state index in [0.717, 1.165) is 0 Å². The van der Waals surface area contributed by atoms with Crippen LogP contribution in [0.25, 0.3) is 0 Å². The highest BCUT2D eigenvalue weighted by Crippen LogP contribution is 2.02. The van der Waals surface area contributed by atoms with Gasteiger partial charge in [0.2, 0.25) is 17.7 Å². The number of amides is 3. The number of guanidine groups is 1. The quantitative estimate of drug-likeness (QED) is 0.0580. The smallest absolute Gasteiger partial charge is 0.327 e. The van der Waals surface area contributed by atoms with E-state index >= 15 is 0 Å². The SMILES string of the molecule is CC(NC(=O)C(N)C(C)O)C(=O)NC(CCCN=C(N)N)C(=O)NC(CS)C(=O)O. The van der Waals surface area contributed by atoms with Crippen LogP contribution in [0, 0.1) is 0 Å². The minimum absolute atomic E-state index is 0.0983. The van der Waals surface area contributed by atoms with Crippen LogP contribution < -0.4 is 33.2 Å². The Morgan fingerprint density at radius 2 is 1.57 bits per heavy atom. The van der Waals surface area contributed by atoms with Gasteiger partial charge in [-0.25, -0.2) is 4.79 Å². The number of carboxylic acids is 1. The van der Waals surface area contributed by atoms with E-state index in [2.05, 4.69) is 33.6 Å². The lowest BCUT2D eigenvalue weighted by Gasteiger charge is -2.23. The van der Waals surface area contributed by atoms with E-state index in [0.29, 0.717) is 6.42 Å². The number of nitrogens with zero attached hydrogens (tertiary/aromatic N) is 1. The molecule has 0 aliphatic heterocycles. The number of nitrogens with two attached hydrogens (primary N) is 3. The van der Waals surface area contributed by atoms with Gasteiger partial charge in [-0.15, -0.1) is 0 Å². The third-order valence-corrected chi connectivity index (χ3v) is 4.32. The third-order valence-electron chi connectivity index (χ3n) is 3.95. The summed E-state index contributed by atoms with van der Waals surface area (Å²) in [5.74, 6) is -3.76. The molecule has 0 aromatic carbocycles. The van der Waals surface area contributed by atoms with Gasteiger partial charge in [-0.2, -0.15) is 12.6 Å². The molecular formula is C16H31N7O6S. The van der Waals surface area contributed by atoms with Crippen LogP contribution in [0.3, 0.4) is 0 Å². The van der Waals surface area contributed by atoms with E-state index in [9.17, 15) is 24.3 Å². The first-order chi connectivity index (χ1) is 13.9. The third kappa shape index (κ3) is 10.3. The summed E-state index contributed by atoms with van der Waals surface area (Å²) in [5, 5.41) is 25.5. The van der Waals surface area contributed by atoms with Gasteiger partial charge in [0.05, 0.1) is 6.10 Å². The molecule has 0 bridgehead atoms. The Kier molecular flexibility index (Phi) is 12.4. The maximum Gasteiger partial charge on any atom is 0.327 e. The largest absolute Gasteiger partial charge is 0.480 e. The molecule has 30 heavy (non-hydrogen) atoms. The molecule has 0 rings (SSSR count). The maximum absolute atomic E-state index is 12.5. The van der Waals surface area contributed by atoms with Gasteiger partial charge in [-0.05, 0) is 26.7 Å². The standard InChI is InChI=1S/C16H31N7O6S/c1-7(21-14(27)11(17)8(2)24)12(25)22-9(4-3-5-20-16(18)19)13(26)23-10(6-30)15(28)29/h7-11,24,30H,3-6,17H2,1-2H3,(H,21,27)(H,22,25)(H,23,26)(H,28,29)(H4,18,19,20). The summed E-state index contributed by atoms with van der Waals surface area (Å²) in [4.78, 5) is 51.7. The summed E-state index contributed by atoms with van der Waals surface area (Å²) in [6, 6.07) is -4.67. The predicted molar refractivity (Wildman–Crippen MR) is 113 cm³/mol. The van der Waals surface area contributed by atoms with E-state index in [1.54, 1.807) is 0 Å². The van der Waals surface area contributed by atoms with Crippen molar-refractivity contribution in [3.05, 3.63) is 0 Å². The van der Waals surface area contributed by atoms with E-state index in [-0.39, 0.29) is 24.7 Å². The van der Waals surface area contributed by atoms with Crippen LogP contribution in [0.4, 0.5) is 0 Å². The van der Waals surface area contributed by atoms with Gasteiger partial charge in [0.25, 0.3) is 0 Å². The summed E-state index contributed by atoms with van der Waals surface area (Å²) >= 11 is 3.87. The Balaban J connectivity index is 5.13. The van der Waals surface area contributed by atoms with Crippen molar-refractivity contribution in [1.82, 2.24) is 16.0 Å². The molecule has 0 saturated carbocycles. The lowest BCUT2D eigenvalue weighted by atomic mass is 10.1. The Morgan fingerprint density at radius 1 is 1.00 bits per heavy atom. The maximum atomic E-state index is 12.5. The average Bonchev–Trinajstić information content (AvgIpc) is 2.66. The number of aliphatic hydroxyl groups is 1. The molecule has 0 aliphatic rings. The highest BCUT2D eigenvalue weighted by molar-refractivity contribution is 7.80. The Morgan fingerprint density at radius 3 is 2.03 bits per heavy atom. The van der Waals surface area contributed by atoms with Crippen LogP contribution in [0.2, 0.25) is 0 Å². The molecule has 0 radical (unpaired) electrons. The number of rotatable bonds is 13. The van der Waals surface area contributed by atoms with E-state index in [4.69, 9.17) is 22.3 Å². The molecule has 14 heteroatoms. The number of carbonyl (C=O) groups excluding carboxylic acids is 3. The summed E-state index contributed by atoms with van der Waals surface area (Å²) in [6.07, 6.45) is -0.715. The van der Waals surface area contributed by atoms with E-state index < -0.39 is 54.0 Å². The van der Waals surface area contributed by atoms with Gasteiger partial charge in [-0.3, -0.25) is 19.4 Å². The number of nitrogens with one attached hydrogen (secondary N) is 3. The number of thiol groups is 1. The van der Waals surface area contributed by atoms with Crippen molar-refractivity contribution < 1.29 is 29.4 Å². The van der Waals surface area contributed by atoms with Crippen molar-refractivity contribution in [1.29, 1.82) is 0 Å². The van der Waals surface area contributed by atoms with Gasteiger partial charge < -0.3 is 43.4 Å². The molecule has 5 unspecified atom stereocenters. The van der Waals surface area contributed by atoms with Gasteiger partial charge >= 0.3 is 5.97 Å². The first kappa shape index (κ1) is 27.4. The van der Waals surface area contributed by atoms with Crippen molar-refractivity contribution in [2.45, 2.75) is 57.0 Å². The van der Waals surface area contributed by atoms with Crippen LogP contribution in [0.1, 0.15) is 26.7 Å². The van der Waals surface area contributed by atoms with Gasteiger partial charge in [0.15, 0.2) is 5.96 Å². The zero-order valence-electron chi connectivity index (χ0n) is 16.9. The molecule has 0 heterocycles. The Hall–Kier alpha value is -2.58. The van der Waals surface area contributed by atoms with Crippen LogP contribution in [0.5, 0.6) is 0 Å². The zero-order valence-corrected chi connectivity index (χ0v) is 17.8. The Labute approximate surface area is 179 Å². The molecule has 0 spiro atoms. The predicted octanol–water partition coefficient (Wildman–Crippen LogP) is -3.76. The molecule has 0 aromatic heterocycles. The van der Waals surface area contributed by atoms with Crippen molar-refractivity contribution in [3.8, 4) is 0 Å². The molecule has 172 valence electrons. The number of hydrogen-bond donors (Lipinski definition) is 9. The van der Waals surface area contributed by atoms with Crippen molar-refractivity contribution in [2.75, 3.05) is 12.3 Å². The van der Waals surface area contributed by atoms with Crippen LogP contribution >= 0.6 is 12.6 Å². The average molecular weight is 450 g/mol. The molecule has 3 amide bonds. The van der Waals surface area contributed by atoms with Crippen LogP contribution in [-0.2, 0) is 19.2 Å². The summed E-state index contributed by atoms with van der Waals surface area (Å²) in [5.41, 5.74) is 16.0. The van der Waals surface area contributed by atoms with Gasteiger partial charge in [0, 0.05) is 12.3 Å². The molecule has 0 saturated heterocycles. The first-order valence-corrected chi connectivity index (χ1v) is 9.77. The molecule has 0 fully saturated rings. The monoisotopic (exact) mass is 449 g/mol. The number of aliphatic imine (C=N–C) groups is 1. The fourth-order valence-electron chi connectivity index (χ4n) is 2.12. The van der Waals surface area contributed by atoms with E-state index in [1.807, 2.05) is 0 Å². The molecule has 0 aliphatic carbocycles. The minimum atomic E-state index is -1.28. The molecule has 13 nitrogen and oxygen atoms in total. The van der Waals surface area contributed by atoms with E-state index in [1.165, 1.54) is 13.8 Å². The highest BCUT2D eigenvalue weighted by Gasteiger charge is 2.28. The number of hydrogen-bond acceptors (Lipinski definition) is 8. The second-order valence-electron chi connectivity index (χ2n) is 6.59. The molecule has 5 atom stereocenters. The second-order valence-corrected chi connectivity index (χ2v) is 6.95. The lowest BCUT2D eigenvalue weighted by molar-refractivity contribution is -0.141. The minimum Gasteiger partial charge on any atom is -0.480 e. The van der Waals surface area contributed by atoms with Crippen LogP contribution in [0.15, 0.2) is 4.99 Å². The molecule has 0 aromatic rings. The highest BCUT2D eigenvalue weighted by atomic mass is 32.1. The normalized spacial score (nSPS) is 15.6. The van der Waals surface area contributed by atoms with Crippen LogP contribution in [-0.4, -0.2) is 82.4 Å². The first-order valence-electron chi connectivity index (χ1n) is 9.14. The second kappa shape index (κ2) is 13.6.